The number of hydrogen-bond acceptors (Lipinski definition) is 2. The predicted octanol–water partition coefficient (Wildman–Crippen LogP) is 4.61. The van der Waals surface area contributed by atoms with Crippen LogP contribution in [0, 0.1) is 13.8 Å². The van der Waals surface area contributed by atoms with E-state index in [9.17, 15) is 4.79 Å². The molecule has 0 aliphatic heterocycles. The molecule has 0 saturated heterocycles. The summed E-state index contributed by atoms with van der Waals surface area (Å²) in [6, 6.07) is 10.5. The first-order valence-electron chi connectivity index (χ1n) is 6.48. The van der Waals surface area contributed by atoms with Crippen LogP contribution in [0.3, 0.4) is 0 Å². The molecule has 2 aromatic rings. The van der Waals surface area contributed by atoms with Gasteiger partial charge in [0.25, 0.3) is 0 Å². The van der Waals surface area contributed by atoms with E-state index in [2.05, 4.69) is 10.6 Å². The molecule has 0 saturated carbocycles. The fraction of sp³-hybridized carbons (Fsp3) is 0.188. The minimum absolute atomic E-state index is 0.316. The number of halogens is 1. The van der Waals surface area contributed by atoms with Crippen LogP contribution in [-0.4, -0.2) is 13.1 Å². The zero-order valence-corrected chi connectivity index (χ0v) is 12.9. The Morgan fingerprint density at radius 2 is 1.81 bits per heavy atom. The van der Waals surface area contributed by atoms with E-state index in [1.54, 1.807) is 25.3 Å². The van der Waals surface area contributed by atoms with Crippen molar-refractivity contribution in [1.82, 2.24) is 0 Å². The molecule has 2 rings (SSSR count). The van der Waals surface area contributed by atoms with Crippen molar-refractivity contribution in [3.63, 3.8) is 0 Å². The van der Waals surface area contributed by atoms with Crippen molar-refractivity contribution in [1.29, 1.82) is 0 Å². The number of ether oxygens (including phenoxy) is 1. The van der Waals surface area contributed by atoms with Crippen LogP contribution in [0.15, 0.2) is 36.4 Å². The van der Waals surface area contributed by atoms with Crippen LogP contribution in [0.2, 0.25) is 5.02 Å². The van der Waals surface area contributed by atoms with Crippen LogP contribution in [0.25, 0.3) is 0 Å². The molecule has 0 spiro atoms. The Hall–Kier alpha value is -2.20. The molecule has 2 aromatic carbocycles. The SMILES string of the molecule is COc1ccc(NC(=O)Nc2ccc(C)c(Cl)c2)c(C)c1. The molecule has 0 atom stereocenters. The number of amides is 2. The number of anilines is 2. The summed E-state index contributed by atoms with van der Waals surface area (Å²) in [4.78, 5) is 12.0. The first kappa shape index (κ1) is 15.2. The largest absolute Gasteiger partial charge is 0.497 e. The average Bonchev–Trinajstić information content (AvgIpc) is 2.45. The van der Waals surface area contributed by atoms with E-state index >= 15 is 0 Å². The van der Waals surface area contributed by atoms with Gasteiger partial charge in [-0.05, 0) is 55.3 Å². The Kier molecular flexibility index (Phi) is 4.70. The van der Waals surface area contributed by atoms with Gasteiger partial charge >= 0.3 is 6.03 Å². The second-order valence-corrected chi connectivity index (χ2v) is 5.13. The number of methoxy groups -OCH3 is 1. The lowest BCUT2D eigenvalue weighted by molar-refractivity contribution is 0.262. The third kappa shape index (κ3) is 3.89. The number of benzene rings is 2. The Morgan fingerprint density at radius 1 is 1.05 bits per heavy atom. The molecule has 0 unspecified atom stereocenters. The summed E-state index contributed by atoms with van der Waals surface area (Å²) in [6.45, 7) is 3.81. The summed E-state index contributed by atoms with van der Waals surface area (Å²) < 4.78 is 5.13. The molecule has 4 nitrogen and oxygen atoms in total. The van der Waals surface area contributed by atoms with Gasteiger partial charge in [0, 0.05) is 16.4 Å². The molecular weight excluding hydrogens is 288 g/mol. The quantitative estimate of drug-likeness (QED) is 0.870. The predicted molar refractivity (Wildman–Crippen MR) is 86.6 cm³/mol. The molecule has 110 valence electrons. The van der Waals surface area contributed by atoms with E-state index < -0.39 is 0 Å². The van der Waals surface area contributed by atoms with E-state index in [1.165, 1.54) is 0 Å². The zero-order chi connectivity index (χ0) is 15.4. The smallest absolute Gasteiger partial charge is 0.323 e. The summed E-state index contributed by atoms with van der Waals surface area (Å²) in [6.07, 6.45) is 0. The molecule has 0 aromatic heterocycles. The van der Waals surface area contributed by atoms with Crippen molar-refractivity contribution < 1.29 is 9.53 Å². The minimum atomic E-state index is -0.316. The maximum absolute atomic E-state index is 12.0. The van der Waals surface area contributed by atoms with E-state index in [4.69, 9.17) is 16.3 Å². The van der Waals surface area contributed by atoms with Gasteiger partial charge in [0.05, 0.1) is 7.11 Å². The van der Waals surface area contributed by atoms with Crippen molar-refractivity contribution in [2.24, 2.45) is 0 Å². The van der Waals surface area contributed by atoms with Crippen molar-refractivity contribution in [3.8, 4) is 5.75 Å². The Labute approximate surface area is 129 Å². The third-order valence-corrected chi connectivity index (χ3v) is 3.52. The number of rotatable bonds is 3. The van der Waals surface area contributed by atoms with Crippen LogP contribution in [-0.2, 0) is 0 Å². The molecule has 0 aliphatic rings. The van der Waals surface area contributed by atoms with E-state index in [1.807, 2.05) is 32.0 Å². The van der Waals surface area contributed by atoms with Gasteiger partial charge < -0.3 is 15.4 Å². The standard InChI is InChI=1S/C16H17ClN2O2/c1-10-4-5-12(9-14(10)17)18-16(20)19-15-7-6-13(21-3)8-11(15)2/h4-9H,1-3H3,(H2,18,19,20). The monoisotopic (exact) mass is 304 g/mol. The Morgan fingerprint density at radius 3 is 2.43 bits per heavy atom. The van der Waals surface area contributed by atoms with Crippen LogP contribution >= 0.6 is 11.6 Å². The minimum Gasteiger partial charge on any atom is -0.497 e. The highest BCUT2D eigenvalue weighted by Crippen LogP contribution is 2.22. The Balaban J connectivity index is 2.06. The second kappa shape index (κ2) is 6.50. The molecule has 0 fully saturated rings. The number of aryl methyl sites for hydroxylation is 2. The molecule has 0 radical (unpaired) electrons. The molecule has 5 heteroatoms. The lowest BCUT2D eigenvalue weighted by atomic mass is 10.2. The van der Waals surface area contributed by atoms with Crippen molar-refractivity contribution in [2.75, 3.05) is 17.7 Å². The number of hydrogen-bond donors (Lipinski definition) is 2. The van der Waals surface area contributed by atoms with Gasteiger partial charge in [-0.1, -0.05) is 17.7 Å². The maximum Gasteiger partial charge on any atom is 0.323 e. The van der Waals surface area contributed by atoms with Gasteiger partial charge in [-0.25, -0.2) is 4.79 Å². The number of nitrogens with one attached hydrogen (secondary N) is 2. The Bertz CT molecular complexity index is 671. The van der Waals surface area contributed by atoms with Crippen LogP contribution < -0.4 is 15.4 Å². The topological polar surface area (TPSA) is 50.4 Å². The van der Waals surface area contributed by atoms with E-state index in [-0.39, 0.29) is 6.03 Å². The van der Waals surface area contributed by atoms with Gasteiger partial charge in [0.1, 0.15) is 5.75 Å². The molecule has 0 bridgehead atoms. The zero-order valence-electron chi connectivity index (χ0n) is 12.2. The highest BCUT2D eigenvalue weighted by molar-refractivity contribution is 6.31. The molecular formula is C16H17ClN2O2. The summed E-state index contributed by atoms with van der Waals surface area (Å²) in [7, 11) is 1.61. The first-order chi connectivity index (χ1) is 9.99. The lowest BCUT2D eigenvalue weighted by Crippen LogP contribution is -2.20. The number of urea groups is 1. The summed E-state index contributed by atoms with van der Waals surface area (Å²) >= 11 is 6.03. The maximum atomic E-state index is 12.0. The van der Waals surface area contributed by atoms with Crippen molar-refractivity contribution >= 4 is 29.0 Å². The second-order valence-electron chi connectivity index (χ2n) is 4.72. The summed E-state index contributed by atoms with van der Waals surface area (Å²) in [5.74, 6) is 0.753. The molecule has 21 heavy (non-hydrogen) atoms. The van der Waals surface area contributed by atoms with Gasteiger partial charge in [-0.15, -0.1) is 0 Å². The molecule has 2 amide bonds. The first-order valence-corrected chi connectivity index (χ1v) is 6.86. The van der Waals surface area contributed by atoms with E-state index in [0.717, 1.165) is 22.6 Å². The van der Waals surface area contributed by atoms with E-state index in [0.29, 0.717) is 10.7 Å². The van der Waals surface area contributed by atoms with Crippen LogP contribution in [0.4, 0.5) is 16.2 Å². The van der Waals surface area contributed by atoms with Gasteiger partial charge in [-0.3, -0.25) is 0 Å². The highest BCUT2D eigenvalue weighted by Gasteiger charge is 2.07. The highest BCUT2D eigenvalue weighted by atomic mass is 35.5. The fourth-order valence-corrected chi connectivity index (χ4v) is 2.04. The van der Waals surface area contributed by atoms with Gasteiger partial charge in [-0.2, -0.15) is 0 Å². The van der Waals surface area contributed by atoms with Crippen molar-refractivity contribution in [3.05, 3.63) is 52.5 Å². The van der Waals surface area contributed by atoms with Gasteiger partial charge in [0.2, 0.25) is 0 Å². The van der Waals surface area contributed by atoms with Gasteiger partial charge in [0.15, 0.2) is 0 Å². The molecule has 0 heterocycles. The van der Waals surface area contributed by atoms with Crippen LogP contribution in [0.5, 0.6) is 5.75 Å². The summed E-state index contributed by atoms with van der Waals surface area (Å²) in [5.41, 5.74) is 3.26. The number of carbonyl (C=O) groups excluding carboxylic acids is 1. The average molecular weight is 305 g/mol. The third-order valence-electron chi connectivity index (χ3n) is 3.11. The molecule has 0 aliphatic carbocycles. The summed E-state index contributed by atoms with van der Waals surface area (Å²) in [5, 5.41) is 6.16. The normalized spacial score (nSPS) is 10.1. The molecule has 2 N–H and O–H groups in total. The van der Waals surface area contributed by atoms with Crippen LogP contribution in [0.1, 0.15) is 11.1 Å². The fourth-order valence-electron chi connectivity index (χ4n) is 1.86. The number of carbonyl (C=O) groups is 1. The lowest BCUT2D eigenvalue weighted by Gasteiger charge is -2.11. The van der Waals surface area contributed by atoms with Crippen molar-refractivity contribution in [2.45, 2.75) is 13.8 Å².